The van der Waals surface area contributed by atoms with Gasteiger partial charge in [-0.05, 0) is 55.8 Å². The Morgan fingerprint density at radius 2 is 2.05 bits per heavy atom. The zero-order valence-electron chi connectivity index (χ0n) is 12.3. The molecule has 0 saturated heterocycles. The summed E-state index contributed by atoms with van der Waals surface area (Å²) in [7, 11) is 0. The summed E-state index contributed by atoms with van der Waals surface area (Å²) in [4.78, 5) is 0. The Hall–Kier alpha value is -0.410. The molecule has 1 aromatic carbocycles. The Labute approximate surface area is 130 Å². The second kappa shape index (κ2) is 8.14. The van der Waals surface area contributed by atoms with E-state index in [-0.39, 0.29) is 5.82 Å². The maximum atomic E-state index is 14.0. The van der Waals surface area contributed by atoms with Crippen molar-refractivity contribution in [2.24, 2.45) is 5.92 Å². The summed E-state index contributed by atoms with van der Waals surface area (Å²) in [5, 5.41) is 3.68. The molecule has 2 rings (SSSR count). The fourth-order valence-electron chi connectivity index (χ4n) is 3.20. The van der Waals surface area contributed by atoms with Crippen molar-refractivity contribution in [1.29, 1.82) is 0 Å². The van der Waals surface area contributed by atoms with Crippen LogP contribution in [0.4, 0.5) is 4.39 Å². The van der Waals surface area contributed by atoms with E-state index < -0.39 is 0 Å². The van der Waals surface area contributed by atoms with Gasteiger partial charge < -0.3 is 5.32 Å². The van der Waals surface area contributed by atoms with Crippen LogP contribution in [0, 0.1) is 11.7 Å². The van der Waals surface area contributed by atoms with Crippen molar-refractivity contribution in [2.45, 2.75) is 57.9 Å². The average molecular weight is 342 g/mol. The Morgan fingerprint density at radius 1 is 1.25 bits per heavy atom. The number of hydrogen-bond donors (Lipinski definition) is 1. The first kappa shape index (κ1) is 16.0. The van der Waals surface area contributed by atoms with E-state index in [2.05, 4.69) is 28.2 Å². The molecule has 112 valence electrons. The number of hydrogen-bond acceptors (Lipinski definition) is 1. The molecule has 0 radical (unpaired) electrons. The lowest BCUT2D eigenvalue weighted by atomic mass is 9.88. The van der Waals surface area contributed by atoms with E-state index in [4.69, 9.17) is 0 Å². The Kier molecular flexibility index (Phi) is 6.50. The predicted octanol–water partition coefficient (Wildman–Crippen LogP) is 5.08. The third-order valence-corrected chi connectivity index (χ3v) is 4.81. The van der Waals surface area contributed by atoms with Gasteiger partial charge in [0, 0.05) is 10.5 Å². The molecule has 1 saturated carbocycles. The Balaban J connectivity index is 2.06. The van der Waals surface area contributed by atoms with E-state index in [9.17, 15) is 4.39 Å². The molecule has 20 heavy (non-hydrogen) atoms. The lowest BCUT2D eigenvalue weighted by Crippen LogP contribution is -2.37. The molecule has 0 spiro atoms. The Bertz CT molecular complexity index is 421. The highest BCUT2D eigenvalue weighted by Crippen LogP contribution is 2.28. The molecule has 1 nitrogen and oxygen atoms in total. The summed E-state index contributed by atoms with van der Waals surface area (Å²) in [6.45, 7) is 3.27. The van der Waals surface area contributed by atoms with E-state index in [1.165, 1.54) is 32.1 Å². The summed E-state index contributed by atoms with van der Waals surface area (Å²) in [6.07, 6.45) is 8.40. The molecule has 0 bridgehead atoms. The fraction of sp³-hybridized carbons (Fsp3) is 0.647. The van der Waals surface area contributed by atoms with Crippen molar-refractivity contribution in [3.63, 3.8) is 0 Å². The van der Waals surface area contributed by atoms with Crippen molar-refractivity contribution in [3.05, 3.63) is 34.1 Å². The number of halogens is 2. The van der Waals surface area contributed by atoms with E-state index in [1.807, 2.05) is 12.1 Å². The zero-order valence-corrected chi connectivity index (χ0v) is 13.9. The Morgan fingerprint density at radius 3 is 2.80 bits per heavy atom. The highest BCUT2D eigenvalue weighted by atomic mass is 79.9. The average Bonchev–Trinajstić information content (AvgIpc) is 2.65. The van der Waals surface area contributed by atoms with Crippen molar-refractivity contribution in [1.82, 2.24) is 5.32 Å². The van der Waals surface area contributed by atoms with Gasteiger partial charge in [-0.3, -0.25) is 0 Å². The van der Waals surface area contributed by atoms with Crippen molar-refractivity contribution >= 4 is 15.9 Å². The SMILES string of the molecule is CCCNC1CCCCCC1Cc1ccc(Br)cc1F. The first-order chi connectivity index (χ1) is 9.70. The highest BCUT2D eigenvalue weighted by Gasteiger charge is 2.24. The molecule has 0 aromatic heterocycles. The van der Waals surface area contributed by atoms with E-state index in [0.29, 0.717) is 12.0 Å². The van der Waals surface area contributed by atoms with Crippen LogP contribution in [0.5, 0.6) is 0 Å². The van der Waals surface area contributed by atoms with Gasteiger partial charge in [-0.1, -0.05) is 48.2 Å². The molecule has 1 aliphatic rings. The van der Waals surface area contributed by atoms with Gasteiger partial charge in [0.2, 0.25) is 0 Å². The van der Waals surface area contributed by atoms with Crippen molar-refractivity contribution < 1.29 is 4.39 Å². The molecule has 1 N–H and O–H groups in total. The number of benzene rings is 1. The summed E-state index contributed by atoms with van der Waals surface area (Å²) >= 11 is 3.33. The molecular weight excluding hydrogens is 317 g/mol. The summed E-state index contributed by atoms with van der Waals surface area (Å²) in [5.74, 6) is 0.498. The molecule has 0 aliphatic heterocycles. The van der Waals surface area contributed by atoms with Gasteiger partial charge in [0.25, 0.3) is 0 Å². The van der Waals surface area contributed by atoms with Gasteiger partial charge in [0.15, 0.2) is 0 Å². The minimum Gasteiger partial charge on any atom is -0.314 e. The molecule has 1 aliphatic carbocycles. The smallest absolute Gasteiger partial charge is 0.127 e. The van der Waals surface area contributed by atoms with Crippen LogP contribution in [0.3, 0.4) is 0 Å². The maximum absolute atomic E-state index is 14.0. The third kappa shape index (κ3) is 4.56. The van der Waals surface area contributed by atoms with Gasteiger partial charge in [-0.2, -0.15) is 0 Å². The zero-order chi connectivity index (χ0) is 14.4. The number of rotatable bonds is 5. The topological polar surface area (TPSA) is 12.0 Å². The molecule has 1 fully saturated rings. The van der Waals surface area contributed by atoms with Crippen molar-refractivity contribution in [3.8, 4) is 0 Å². The second-order valence-electron chi connectivity index (χ2n) is 5.90. The van der Waals surface area contributed by atoms with Crippen LogP contribution in [0.25, 0.3) is 0 Å². The van der Waals surface area contributed by atoms with Crippen LogP contribution in [-0.2, 0) is 6.42 Å². The van der Waals surface area contributed by atoms with Crippen LogP contribution >= 0.6 is 15.9 Å². The van der Waals surface area contributed by atoms with Gasteiger partial charge in [0.05, 0.1) is 0 Å². The number of nitrogens with one attached hydrogen (secondary N) is 1. The minimum absolute atomic E-state index is 0.0714. The van der Waals surface area contributed by atoms with E-state index in [0.717, 1.165) is 29.4 Å². The molecule has 1 aromatic rings. The summed E-state index contributed by atoms with van der Waals surface area (Å²) in [5.41, 5.74) is 0.864. The first-order valence-corrected chi connectivity index (χ1v) is 8.67. The summed E-state index contributed by atoms with van der Waals surface area (Å²) in [6, 6.07) is 6.02. The van der Waals surface area contributed by atoms with Gasteiger partial charge in [0.1, 0.15) is 5.82 Å². The van der Waals surface area contributed by atoms with Crippen LogP contribution in [0.2, 0.25) is 0 Å². The quantitative estimate of drug-likeness (QED) is 0.736. The molecule has 2 unspecified atom stereocenters. The van der Waals surface area contributed by atoms with Crippen LogP contribution in [0.15, 0.2) is 22.7 Å². The lowest BCUT2D eigenvalue weighted by molar-refractivity contribution is 0.329. The molecule has 0 amide bonds. The highest BCUT2D eigenvalue weighted by molar-refractivity contribution is 9.10. The monoisotopic (exact) mass is 341 g/mol. The molecular formula is C17H25BrFN. The van der Waals surface area contributed by atoms with Crippen molar-refractivity contribution in [2.75, 3.05) is 6.54 Å². The van der Waals surface area contributed by atoms with E-state index >= 15 is 0 Å². The lowest BCUT2D eigenvalue weighted by Gasteiger charge is -2.26. The largest absolute Gasteiger partial charge is 0.314 e. The predicted molar refractivity (Wildman–Crippen MR) is 86.5 cm³/mol. The molecule has 0 heterocycles. The summed E-state index contributed by atoms with van der Waals surface area (Å²) < 4.78 is 14.9. The fourth-order valence-corrected chi connectivity index (χ4v) is 3.53. The van der Waals surface area contributed by atoms with Crippen LogP contribution in [-0.4, -0.2) is 12.6 Å². The second-order valence-corrected chi connectivity index (χ2v) is 6.81. The van der Waals surface area contributed by atoms with Gasteiger partial charge in [-0.25, -0.2) is 4.39 Å². The van der Waals surface area contributed by atoms with Gasteiger partial charge >= 0.3 is 0 Å². The third-order valence-electron chi connectivity index (χ3n) is 4.31. The molecule has 2 atom stereocenters. The normalized spacial score (nSPS) is 23.6. The molecule has 3 heteroatoms. The standard InChI is InChI=1S/C17H25BrFN/c1-2-10-20-17-7-5-3-4-6-14(17)11-13-8-9-15(18)12-16(13)19/h8-9,12,14,17,20H,2-7,10-11H2,1H3. The van der Waals surface area contributed by atoms with Crippen LogP contribution in [0.1, 0.15) is 51.0 Å². The van der Waals surface area contributed by atoms with E-state index in [1.54, 1.807) is 6.07 Å². The van der Waals surface area contributed by atoms with Crippen LogP contribution < -0.4 is 5.32 Å². The van der Waals surface area contributed by atoms with Gasteiger partial charge in [-0.15, -0.1) is 0 Å². The first-order valence-electron chi connectivity index (χ1n) is 7.88. The maximum Gasteiger partial charge on any atom is 0.127 e. The minimum atomic E-state index is -0.0714.